The molecule has 1 atom stereocenters. The molecule has 2 aliphatic rings. The molecule has 2 aromatic carbocycles. The van der Waals surface area contributed by atoms with E-state index in [2.05, 4.69) is 0 Å². The normalized spacial score (nSPS) is 20.2. The Labute approximate surface area is 180 Å². The van der Waals surface area contributed by atoms with Gasteiger partial charge in [0.15, 0.2) is 5.54 Å². The van der Waals surface area contributed by atoms with Crippen LogP contribution in [-0.2, 0) is 19.9 Å². The Morgan fingerprint density at radius 3 is 2.26 bits per heavy atom. The van der Waals surface area contributed by atoms with Crippen LogP contribution in [0.25, 0.3) is 5.57 Å². The molecule has 3 amide bonds. The third kappa shape index (κ3) is 3.00. The van der Waals surface area contributed by atoms with Crippen LogP contribution in [0.15, 0.2) is 54.6 Å². The summed E-state index contributed by atoms with van der Waals surface area (Å²) in [5.41, 5.74) is -0.226. The Kier molecular flexibility index (Phi) is 4.65. The van der Waals surface area contributed by atoms with Crippen LogP contribution in [0, 0.1) is 0 Å². The predicted molar refractivity (Wildman–Crippen MR) is 116 cm³/mol. The fourth-order valence-corrected chi connectivity index (χ4v) is 4.19. The average Bonchev–Trinajstić information content (AvgIpc) is 3.15. The van der Waals surface area contributed by atoms with Gasteiger partial charge >= 0.3 is 6.09 Å². The number of hydrogen-bond donors (Lipinski definition) is 0. The number of anilines is 1. The maximum atomic E-state index is 13.8. The fourth-order valence-electron chi connectivity index (χ4n) is 4.19. The van der Waals surface area contributed by atoms with Gasteiger partial charge in [-0.3, -0.25) is 9.59 Å². The molecule has 4 rings (SSSR count). The first-order valence-electron chi connectivity index (χ1n) is 9.92. The number of para-hydroxylation sites is 1. The monoisotopic (exact) mass is 420 g/mol. The largest absolute Gasteiger partial charge is 0.497 e. The number of amides is 3. The van der Waals surface area contributed by atoms with Crippen molar-refractivity contribution in [2.24, 2.45) is 0 Å². The standard InChI is InChI=1S/C24H24N2O5/c1-23(2,3)31-22(29)26-20(27)14-18(15-10-12-16(30-5)13-11-15)24(26)17-8-6-7-9-19(17)25(4)21(24)28/h6-14H,1-5H3/t24-/m1/s1. The minimum absolute atomic E-state index is 0.396. The molecule has 7 nitrogen and oxygen atoms in total. The zero-order valence-electron chi connectivity index (χ0n) is 18.1. The highest BCUT2D eigenvalue weighted by Crippen LogP contribution is 2.54. The van der Waals surface area contributed by atoms with Crippen molar-refractivity contribution in [3.05, 3.63) is 65.7 Å². The van der Waals surface area contributed by atoms with E-state index in [-0.39, 0.29) is 0 Å². The Bertz CT molecular complexity index is 1110. The molecule has 0 unspecified atom stereocenters. The van der Waals surface area contributed by atoms with Gasteiger partial charge in [-0.05, 0) is 44.5 Å². The Morgan fingerprint density at radius 1 is 1.00 bits per heavy atom. The molecule has 0 fully saturated rings. The number of imide groups is 1. The number of carbonyl (C=O) groups is 3. The van der Waals surface area contributed by atoms with Crippen molar-refractivity contribution < 1.29 is 23.9 Å². The number of ether oxygens (including phenoxy) is 2. The zero-order valence-corrected chi connectivity index (χ0v) is 18.1. The van der Waals surface area contributed by atoms with Crippen molar-refractivity contribution in [3.8, 4) is 5.75 Å². The number of hydrogen-bond acceptors (Lipinski definition) is 5. The summed E-state index contributed by atoms with van der Waals surface area (Å²) in [6.07, 6.45) is 0.482. The summed E-state index contributed by atoms with van der Waals surface area (Å²) in [5.74, 6) is -0.354. The molecule has 2 heterocycles. The van der Waals surface area contributed by atoms with Crippen LogP contribution in [0.2, 0.25) is 0 Å². The van der Waals surface area contributed by atoms with Gasteiger partial charge in [0, 0.05) is 29.9 Å². The molecule has 31 heavy (non-hydrogen) atoms. The van der Waals surface area contributed by atoms with E-state index in [0.29, 0.717) is 28.1 Å². The van der Waals surface area contributed by atoms with E-state index in [4.69, 9.17) is 9.47 Å². The second-order valence-electron chi connectivity index (χ2n) is 8.53. The second-order valence-corrected chi connectivity index (χ2v) is 8.53. The minimum Gasteiger partial charge on any atom is -0.497 e. The van der Waals surface area contributed by atoms with Crippen LogP contribution >= 0.6 is 0 Å². The van der Waals surface area contributed by atoms with E-state index in [1.54, 1.807) is 77.4 Å². The first-order chi connectivity index (χ1) is 14.6. The first kappa shape index (κ1) is 20.7. The van der Waals surface area contributed by atoms with Gasteiger partial charge in [0.25, 0.3) is 11.8 Å². The molecule has 160 valence electrons. The molecule has 1 spiro atoms. The number of rotatable bonds is 2. The number of nitrogens with zero attached hydrogens (tertiary/aromatic N) is 2. The molecule has 0 aliphatic carbocycles. The molecule has 0 radical (unpaired) electrons. The van der Waals surface area contributed by atoms with Crippen molar-refractivity contribution in [3.63, 3.8) is 0 Å². The zero-order chi connectivity index (χ0) is 22.6. The van der Waals surface area contributed by atoms with E-state index in [1.165, 1.54) is 11.0 Å². The smallest absolute Gasteiger partial charge is 0.418 e. The average molecular weight is 420 g/mol. The SMILES string of the molecule is COc1ccc(C2=CC(=O)N(C(=O)OC(C)(C)C)[C@@]23C(=O)N(C)c2ccccc23)cc1. The lowest BCUT2D eigenvalue weighted by molar-refractivity contribution is -0.136. The van der Waals surface area contributed by atoms with Crippen LogP contribution in [0.3, 0.4) is 0 Å². The van der Waals surface area contributed by atoms with Gasteiger partial charge in [-0.15, -0.1) is 0 Å². The third-order valence-electron chi connectivity index (χ3n) is 5.46. The molecule has 0 saturated heterocycles. The number of carbonyl (C=O) groups excluding carboxylic acids is 3. The molecule has 0 saturated carbocycles. The van der Waals surface area contributed by atoms with Crippen LogP contribution in [-0.4, -0.2) is 42.6 Å². The van der Waals surface area contributed by atoms with Gasteiger partial charge in [-0.2, -0.15) is 0 Å². The molecule has 2 aromatic rings. The maximum absolute atomic E-state index is 13.8. The number of benzene rings is 2. The van der Waals surface area contributed by atoms with E-state index in [9.17, 15) is 14.4 Å². The lowest BCUT2D eigenvalue weighted by atomic mass is 9.80. The lowest BCUT2D eigenvalue weighted by Gasteiger charge is -2.36. The summed E-state index contributed by atoms with van der Waals surface area (Å²) in [6, 6.07) is 14.2. The van der Waals surface area contributed by atoms with Gasteiger partial charge in [0.1, 0.15) is 11.4 Å². The summed E-state index contributed by atoms with van der Waals surface area (Å²) in [4.78, 5) is 42.6. The summed E-state index contributed by atoms with van der Waals surface area (Å²) in [6.45, 7) is 5.14. The molecular formula is C24H24N2O5. The highest BCUT2D eigenvalue weighted by atomic mass is 16.6. The van der Waals surface area contributed by atoms with E-state index >= 15 is 0 Å². The van der Waals surface area contributed by atoms with E-state index in [1.807, 2.05) is 6.07 Å². The lowest BCUT2D eigenvalue weighted by Crippen LogP contribution is -2.55. The van der Waals surface area contributed by atoms with Crippen molar-refractivity contribution in [1.82, 2.24) is 4.90 Å². The number of fused-ring (bicyclic) bond motifs is 2. The molecular weight excluding hydrogens is 396 g/mol. The van der Waals surface area contributed by atoms with Crippen LogP contribution in [0.5, 0.6) is 5.75 Å². The van der Waals surface area contributed by atoms with Crippen molar-refractivity contribution in [2.45, 2.75) is 31.9 Å². The number of methoxy groups -OCH3 is 1. The van der Waals surface area contributed by atoms with Gasteiger partial charge in [0.05, 0.1) is 7.11 Å². The van der Waals surface area contributed by atoms with Crippen molar-refractivity contribution >= 4 is 29.2 Å². The molecule has 0 N–H and O–H groups in total. The second kappa shape index (κ2) is 6.97. The van der Waals surface area contributed by atoms with Crippen molar-refractivity contribution in [2.75, 3.05) is 19.1 Å². The van der Waals surface area contributed by atoms with Crippen molar-refractivity contribution in [1.29, 1.82) is 0 Å². The Hall–Kier alpha value is -3.61. The summed E-state index contributed by atoms with van der Waals surface area (Å²) >= 11 is 0. The van der Waals surface area contributed by atoms with Gasteiger partial charge in [-0.1, -0.05) is 30.3 Å². The van der Waals surface area contributed by atoms with Gasteiger partial charge < -0.3 is 14.4 Å². The van der Waals surface area contributed by atoms with Crippen LogP contribution in [0.4, 0.5) is 10.5 Å². The highest BCUT2D eigenvalue weighted by molar-refractivity contribution is 6.25. The molecule has 0 bridgehead atoms. The van der Waals surface area contributed by atoms with Gasteiger partial charge in [0.2, 0.25) is 0 Å². The molecule has 2 aliphatic heterocycles. The minimum atomic E-state index is -1.64. The quantitative estimate of drug-likeness (QED) is 0.740. The summed E-state index contributed by atoms with van der Waals surface area (Å²) < 4.78 is 10.8. The fraction of sp³-hybridized carbons (Fsp3) is 0.292. The Morgan fingerprint density at radius 2 is 1.65 bits per heavy atom. The Balaban J connectivity index is 1.96. The topological polar surface area (TPSA) is 76.1 Å². The van der Waals surface area contributed by atoms with Gasteiger partial charge in [-0.25, -0.2) is 9.69 Å². The first-order valence-corrected chi connectivity index (χ1v) is 9.92. The number of likely N-dealkylation sites (N-methyl/N-ethyl adjacent to an activating group) is 1. The maximum Gasteiger partial charge on any atom is 0.418 e. The van der Waals surface area contributed by atoms with E-state index < -0.39 is 29.0 Å². The third-order valence-corrected chi connectivity index (χ3v) is 5.46. The molecule has 7 heteroatoms. The predicted octanol–water partition coefficient (Wildman–Crippen LogP) is 3.73. The summed E-state index contributed by atoms with van der Waals surface area (Å²) in [5, 5.41) is 0. The van der Waals surface area contributed by atoms with Crippen LogP contribution in [0.1, 0.15) is 31.9 Å². The van der Waals surface area contributed by atoms with Crippen LogP contribution < -0.4 is 9.64 Å². The van der Waals surface area contributed by atoms with E-state index in [0.717, 1.165) is 4.90 Å². The molecule has 0 aromatic heterocycles. The highest BCUT2D eigenvalue weighted by Gasteiger charge is 2.63. The summed E-state index contributed by atoms with van der Waals surface area (Å²) in [7, 11) is 3.20.